The van der Waals surface area contributed by atoms with Crippen LogP contribution in [0.5, 0.6) is 0 Å². The zero-order valence-electron chi connectivity index (χ0n) is 21.7. The first-order valence-corrected chi connectivity index (χ1v) is 14.9. The Hall–Kier alpha value is -2.48. The van der Waals surface area contributed by atoms with E-state index < -0.39 is 9.84 Å². The highest BCUT2D eigenvalue weighted by Crippen LogP contribution is 2.42. The first kappa shape index (κ1) is 25.2. The summed E-state index contributed by atoms with van der Waals surface area (Å²) in [6.07, 6.45) is 3.07. The molecule has 2 unspecified atom stereocenters. The summed E-state index contributed by atoms with van der Waals surface area (Å²) in [5.74, 6) is 0.0701. The van der Waals surface area contributed by atoms with Crippen LogP contribution in [0.15, 0.2) is 59.2 Å². The highest BCUT2D eigenvalue weighted by molar-refractivity contribution is 7.91. The Bertz CT molecular complexity index is 1260. The minimum Gasteiger partial charge on any atom is -0.304 e. The van der Waals surface area contributed by atoms with Crippen molar-refractivity contribution in [2.45, 2.75) is 26.3 Å². The number of benzene rings is 2. The van der Waals surface area contributed by atoms with Gasteiger partial charge in [-0.1, -0.05) is 48.5 Å². The number of piperazine rings is 1. The molecule has 0 radical (unpaired) electrons. The number of hydrogen-bond acceptors (Lipinski definition) is 6. The lowest BCUT2D eigenvalue weighted by Crippen LogP contribution is -2.45. The topological polar surface area (TPSA) is 56.2 Å². The Labute approximate surface area is 216 Å². The van der Waals surface area contributed by atoms with Crippen molar-refractivity contribution in [1.82, 2.24) is 14.8 Å². The van der Waals surface area contributed by atoms with E-state index >= 15 is 0 Å². The highest BCUT2D eigenvalue weighted by Gasteiger charge is 2.46. The van der Waals surface area contributed by atoms with Gasteiger partial charge in [-0.25, -0.2) is 8.42 Å². The zero-order valence-corrected chi connectivity index (χ0v) is 22.5. The van der Waals surface area contributed by atoms with E-state index in [4.69, 9.17) is 5.10 Å². The molecular weight excluding hydrogens is 468 g/mol. The first-order chi connectivity index (χ1) is 17.3. The summed E-state index contributed by atoms with van der Waals surface area (Å²) < 4.78 is 26.3. The molecule has 2 aromatic rings. The molecule has 192 valence electrons. The smallest absolute Gasteiger partial charge is 0.155 e. The number of aryl methyl sites for hydroxylation is 2. The Morgan fingerprint density at radius 3 is 2.36 bits per heavy atom. The lowest BCUT2D eigenvalue weighted by Gasteiger charge is -2.34. The molecule has 6 nitrogen and oxygen atoms in total. The van der Waals surface area contributed by atoms with E-state index in [0.29, 0.717) is 0 Å². The lowest BCUT2D eigenvalue weighted by atomic mass is 9.86. The molecule has 0 saturated carbocycles. The van der Waals surface area contributed by atoms with Crippen LogP contribution in [0, 0.1) is 19.8 Å². The second-order valence-corrected chi connectivity index (χ2v) is 12.7. The number of hydrazone groups is 1. The van der Waals surface area contributed by atoms with Crippen LogP contribution < -0.4 is 0 Å². The highest BCUT2D eigenvalue weighted by atomic mass is 32.2. The molecule has 0 N–H and O–H groups in total. The standard InChI is InChI=1S/C29H38N4O2S/c1-22-9-4-6-11-24(22)19-25-20-36(34,35)21-27-28(25)30-33(29(27)26-12-7-5-10-23(26)2)14-8-13-32-17-15-31(3)16-18-32/h4-7,9-12,19,27,29H,8,13-18,20-21H2,1-3H3. The van der Waals surface area contributed by atoms with Crippen molar-refractivity contribution in [2.24, 2.45) is 11.0 Å². The van der Waals surface area contributed by atoms with Crippen molar-refractivity contribution in [3.05, 3.63) is 76.4 Å². The fourth-order valence-corrected chi connectivity index (χ4v) is 7.52. The third kappa shape index (κ3) is 5.43. The second kappa shape index (κ2) is 10.5. The maximum absolute atomic E-state index is 13.2. The lowest BCUT2D eigenvalue weighted by molar-refractivity contribution is 0.139. The maximum Gasteiger partial charge on any atom is 0.155 e. The number of sulfone groups is 1. The summed E-state index contributed by atoms with van der Waals surface area (Å²) in [4.78, 5) is 4.91. The second-order valence-electron chi connectivity index (χ2n) is 10.6. The molecule has 2 fully saturated rings. The minimum absolute atomic E-state index is 0.0518. The molecule has 0 aliphatic carbocycles. The van der Waals surface area contributed by atoms with Gasteiger partial charge in [0.15, 0.2) is 9.84 Å². The average Bonchev–Trinajstić information content (AvgIpc) is 3.19. The van der Waals surface area contributed by atoms with Crippen molar-refractivity contribution >= 4 is 21.6 Å². The molecule has 0 spiro atoms. The van der Waals surface area contributed by atoms with Gasteiger partial charge in [0.1, 0.15) is 0 Å². The van der Waals surface area contributed by atoms with E-state index in [1.54, 1.807) is 0 Å². The number of hydrogen-bond donors (Lipinski definition) is 0. The van der Waals surface area contributed by atoms with E-state index in [2.05, 4.69) is 72.1 Å². The van der Waals surface area contributed by atoms with Crippen molar-refractivity contribution in [3.8, 4) is 0 Å². The molecule has 36 heavy (non-hydrogen) atoms. The number of nitrogens with zero attached hydrogens (tertiary/aromatic N) is 4. The van der Waals surface area contributed by atoms with Crippen molar-refractivity contribution in [2.75, 3.05) is 57.8 Å². The number of fused-ring (bicyclic) bond motifs is 1. The number of likely N-dealkylation sites (N-methyl/N-ethyl adjacent to an activating group) is 1. The molecule has 2 saturated heterocycles. The van der Waals surface area contributed by atoms with E-state index in [-0.39, 0.29) is 23.5 Å². The van der Waals surface area contributed by atoms with Crippen molar-refractivity contribution < 1.29 is 8.42 Å². The molecule has 3 aliphatic rings. The quantitative estimate of drug-likeness (QED) is 0.597. The van der Waals surface area contributed by atoms with E-state index in [0.717, 1.165) is 68.1 Å². The molecule has 0 aromatic heterocycles. The molecule has 0 amide bonds. The molecule has 3 aliphatic heterocycles. The summed E-state index contributed by atoms with van der Waals surface area (Å²) in [6, 6.07) is 16.5. The van der Waals surface area contributed by atoms with Crippen LogP contribution in [-0.2, 0) is 9.84 Å². The molecule has 7 heteroatoms. The van der Waals surface area contributed by atoms with Crippen LogP contribution in [0.1, 0.15) is 34.7 Å². The van der Waals surface area contributed by atoms with E-state index in [1.165, 1.54) is 11.1 Å². The SMILES string of the molecule is Cc1ccccc1C=C1CS(=O)(=O)CC2C1=NN(CCCN1CCN(C)CC1)C2c1ccccc1C. The van der Waals surface area contributed by atoms with Gasteiger partial charge in [0, 0.05) is 38.6 Å². The summed E-state index contributed by atoms with van der Waals surface area (Å²) in [7, 11) is -1.04. The van der Waals surface area contributed by atoms with Crippen LogP contribution in [0.2, 0.25) is 0 Å². The normalized spacial score (nSPS) is 25.7. The van der Waals surface area contributed by atoms with Gasteiger partial charge < -0.3 is 9.80 Å². The predicted molar refractivity (Wildman–Crippen MR) is 148 cm³/mol. The zero-order chi connectivity index (χ0) is 25.3. The maximum atomic E-state index is 13.2. The van der Waals surface area contributed by atoms with E-state index in [1.807, 2.05) is 18.2 Å². The van der Waals surface area contributed by atoms with Gasteiger partial charge >= 0.3 is 0 Å². The first-order valence-electron chi connectivity index (χ1n) is 13.1. The largest absolute Gasteiger partial charge is 0.304 e. The third-order valence-corrected chi connectivity index (χ3v) is 9.53. The molecule has 2 aromatic carbocycles. The Kier molecular flexibility index (Phi) is 7.33. The van der Waals surface area contributed by atoms with Crippen LogP contribution in [0.3, 0.4) is 0 Å². The Morgan fingerprint density at radius 2 is 1.64 bits per heavy atom. The number of rotatable bonds is 6. The average molecular weight is 507 g/mol. The third-order valence-electron chi connectivity index (χ3n) is 7.91. The monoisotopic (exact) mass is 506 g/mol. The molecule has 3 heterocycles. The molecular formula is C29H38N4O2S. The summed E-state index contributed by atoms with van der Waals surface area (Å²) in [5, 5.41) is 7.37. The fraction of sp³-hybridized carbons (Fsp3) is 0.483. The van der Waals surface area contributed by atoms with Crippen molar-refractivity contribution in [3.63, 3.8) is 0 Å². The molecule has 2 atom stereocenters. The Balaban J connectivity index is 1.46. The van der Waals surface area contributed by atoms with E-state index in [9.17, 15) is 8.42 Å². The van der Waals surface area contributed by atoms with Gasteiger partial charge in [-0.2, -0.15) is 5.10 Å². The van der Waals surface area contributed by atoms with Gasteiger partial charge in [-0.05, 0) is 67.8 Å². The Morgan fingerprint density at radius 1 is 0.944 bits per heavy atom. The van der Waals surface area contributed by atoms with Gasteiger partial charge in [-0.3, -0.25) is 5.01 Å². The summed E-state index contributed by atoms with van der Waals surface area (Å²) in [6.45, 7) is 10.5. The molecule has 5 rings (SSSR count). The van der Waals surface area contributed by atoms with Gasteiger partial charge in [-0.15, -0.1) is 0 Å². The van der Waals surface area contributed by atoms with Crippen LogP contribution in [0.4, 0.5) is 0 Å². The fourth-order valence-electron chi connectivity index (χ4n) is 5.81. The van der Waals surface area contributed by atoms with Crippen LogP contribution in [0.25, 0.3) is 6.08 Å². The van der Waals surface area contributed by atoms with Gasteiger partial charge in [0.25, 0.3) is 0 Å². The summed E-state index contributed by atoms with van der Waals surface area (Å²) >= 11 is 0. The predicted octanol–water partition coefficient (Wildman–Crippen LogP) is 3.78. The van der Waals surface area contributed by atoms with Gasteiger partial charge in [0.2, 0.25) is 0 Å². The van der Waals surface area contributed by atoms with Crippen LogP contribution in [-0.4, -0.2) is 86.8 Å². The minimum atomic E-state index is -3.23. The van der Waals surface area contributed by atoms with Gasteiger partial charge in [0.05, 0.1) is 23.3 Å². The van der Waals surface area contributed by atoms with Crippen LogP contribution >= 0.6 is 0 Å². The summed E-state index contributed by atoms with van der Waals surface area (Å²) in [5.41, 5.74) is 6.39. The van der Waals surface area contributed by atoms with Crippen molar-refractivity contribution in [1.29, 1.82) is 0 Å². The molecule has 0 bridgehead atoms.